The van der Waals surface area contributed by atoms with E-state index in [1.807, 2.05) is 0 Å². The molecule has 114 valence electrons. The predicted octanol–water partition coefficient (Wildman–Crippen LogP) is 5.11. The van der Waals surface area contributed by atoms with Crippen LogP contribution >= 0.6 is 27.3 Å². The predicted molar refractivity (Wildman–Crippen MR) is 94.5 cm³/mol. The monoisotopic (exact) mass is 367 g/mol. The second kappa shape index (κ2) is 7.97. The van der Waals surface area contributed by atoms with Gasteiger partial charge in [0.05, 0.1) is 10.9 Å². The van der Waals surface area contributed by atoms with Gasteiger partial charge in [0.25, 0.3) is 0 Å². The third-order valence-corrected chi connectivity index (χ3v) is 5.16. The highest BCUT2D eigenvalue weighted by molar-refractivity contribution is 9.11. The van der Waals surface area contributed by atoms with Crippen LogP contribution in [0.25, 0.3) is 0 Å². The molecule has 0 bridgehead atoms. The number of hydrogen-bond donors (Lipinski definition) is 1. The Morgan fingerprint density at radius 1 is 1.29 bits per heavy atom. The average Bonchev–Trinajstić information content (AvgIpc) is 2.89. The first-order valence-corrected chi connectivity index (χ1v) is 8.87. The van der Waals surface area contributed by atoms with Gasteiger partial charge in [0.2, 0.25) is 0 Å². The van der Waals surface area contributed by atoms with E-state index in [-0.39, 0.29) is 0 Å². The molecule has 1 unspecified atom stereocenters. The van der Waals surface area contributed by atoms with Gasteiger partial charge >= 0.3 is 0 Å². The van der Waals surface area contributed by atoms with Crippen LogP contribution < -0.4 is 10.1 Å². The molecule has 0 fully saturated rings. The van der Waals surface area contributed by atoms with E-state index in [2.05, 4.69) is 65.4 Å². The Kier molecular flexibility index (Phi) is 6.27. The summed E-state index contributed by atoms with van der Waals surface area (Å²) in [7, 11) is 1.73. The van der Waals surface area contributed by atoms with Gasteiger partial charge in [0.1, 0.15) is 5.75 Å². The molecule has 2 rings (SSSR count). The van der Waals surface area contributed by atoms with Gasteiger partial charge in [-0.2, -0.15) is 0 Å². The van der Waals surface area contributed by atoms with E-state index < -0.39 is 0 Å². The van der Waals surface area contributed by atoms with Crippen LogP contribution in [-0.4, -0.2) is 13.7 Å². The van der Waals surface area contributed by atoms with Crippen molar-refractivity contribution < 1.29 is 4.74 Å². The van der Waals surface area contributed by atoms with Crippen molar-refractivity contribution in [2.45, 2.75) is 32.7 Å². The Morgan fingerprint density at radius 2 is 2.10 bits per heavy atom. The average molecular weight is 368 g/mol. The van der Waals surface area contributed by atoms with Gasteiger partial charge in [0.15, 0.2) is 0 Å². The number of hydrogen-bond acceptors (Lipinski definition) is 3. The molecule has 2 nitrogen and oxygen atoms in total. The lowest BCUT2D eigenvalue weighted by atomic mass is 10.0. The second-order valence-corrected chi connectivity index (χ2v) is 7.69. The number of ether oxygens (including phenoxy) is 1. The van der Waals surface area contributed by atoms with Gasteiger partial charge in [-0.25, -0.2) is 0 Å². The van der Waals surface area contributed by atoms with E-state index in [0.29, 0.717) is 6.04 Å². The number of nitrogens with one attached hydrogen (secondary N) is 1. The molecule has 1 heterocycles. The van der Waals surface area contributed by atoms with Gasteiger partial charge in [-0.05, 0) is 65.1 Å². The standard InChI is InChI=1S/C17H22BrNOS/c1-4-9-19-15(11-14-7-8-17(18)21-14)13-6-5-12(2)16(10-13)20-3/h5-8,10,15,19H,4,9,11H2,1-3H3. The van der Waals surface area contributed by atoms with Crippen molar-refractivity contribution in [1.29, 1.82) is 0 Å². The third kappa shape index (κ3) is 4.56. The summed E-state index contributed by atoms with van der Waals surface area (Å²) in [5, 5.41) is 3.65. The molecule has 0 spiro atoms. The molecule has 1 N–H and O–H groups in total. The summed E-state index contributed by atoms with van der Waals surface area (Å²) in [5.74, 6) is 0.961. The Balaban J connectivity index is 2.22. The maximum Gasteiger partial charge on any atom is 0.122 e. The zero-order chi connectivity index (χ0) is 15.2. The zero-order valence-electron chi connectivity index (χ0n) is 12.8. The minimum Gasteiger partial charge on any atom is -0.496 e. The topological polar surface area (TPSA) is 21.3 Å². The summed E-state index contributed by atoms with van der Waals surface area (Å²) >= 11 is 5.34. The first-order chi connectivity index (χ1) is 10.1. The number of halogens is 1. The van der Waals surface area contributed by atoms with Crippen molar-refractivity contribution in [3.05, 3.63) is 50.1 Å². The zero-order valence-corrected chi connectivity index (χ0v) is 15.2. The van der Waals surface area contributed by atoms with Crippen LogP contribution in [0.15, 0.2) is 34.1 Å². The van der Waals surface area contributed by atoms with Gasteiger partial charge in [-0.3, -0.25) is 0 Å². The van der Waals surface area contributed by atoms with Crippen molar-refractivity contribution >= 4 is 27.3 Å². The molecule has 0 radical (unpaired) electrons. The van der Waals surface area contributed by atoms with Crippen LogP contribution in [0, 0.1) is 6.92 Å². The Morgan fingerprint density at radius 3 is 2.71 bits per heavy atom. The number of aryl methyl sites for hydroxylation is 1. The van der Waals surface area contributed by atoms with Gasteiger partial charge in [0, 0.05) is 17.3 Å². The lowest BCUT2D eigenvalue weighted by Gasteiger charge is -2.19. The highest BCUT2D eigenvalue weighted by Crippen LogP contribution is 2.29. The molecule has 0 aliphatic rings. The summed E-state index contributed by atoms with van der Waals surface area (Å²) in [4.78, 5) is 1.38. The fraction of sp³-hybridized carbons (Fsp3) is 0.412. The summed E-state index contributed by atoms with van der Waals surface area (Å²) in [5.41, 5.74) is 2.46. The molecular formula is C17H22BrNOS. The first-order valence-electron chi connectivity index (χ1n) is 7.26. The van der Waals surface area contributed by atoms with E-state index >= 15 is 0 Å². The summed E-state index contributed by atoms with van der Waals surface area (Å²) in [6.07, 6.45) is 2.14. The van der Waals surface area contributed by atoms with Gasteiger partial charge < -0.3 is 10.1 Å². The molecular weight excluding hydrogens is 346 g/mol. The van der Waals surface area contributed by atoms with Crippen LogP contribution in [0.2, 0.25) is 0 Å². The fourth-order valence-corrected chi connectivity index (χ4v) is 3.87. The van der Waals surface area contributed by atoms with Crippen molar-refractivity contribution in [1.82, 2.24) is 5.32 Å². The van der Waals surface area contributed by atoms with Crippen molar-refractivity contribution in [3.63, 3.8) is 0 Å². The molecule has 0 aliphatic heterocycles. The molecule has 0 aliphatic carbocycles. The quantitative estimate of drug-likeness (QED) is 0.733. The van der Waals surface area contributed by atoms with Crippen LogP contribution in [0.3, 0.4) is 0 Å². The lowest BCUT2D eigenvalue weighted by Crippen LogP contribution is -2.23. The summed E-state index contributed by atoms with van der Waals surface area (Å²) < 4.78 is 6.65. The number of benzene rings is 1. The van der Waals surface area contributed by atoms with Crippen molar-refractivity contribution in [2.24, 2.45) is 0 Å². The second-order valence-electron chi connectivity index (χ2n) is 5.15. The van der Waals surface area contributed by atoms with E-state index in [0.717, 1.165) is 25.1 Å². The normalized spacial score (nSPS) is 12.4. The third-order valence-electron chi connectivity index (χ3n) is 3.51. The largest absolute Gasteiger partial charge is 0.496 e. The van der Waals surface area contributed by atoms with Gasteiger partial charge in [-0.1, -0.05) is 19.1 Å². The number of thiophene rings is 1. The maximum absolute atomic E-state index is 5.46. The van der Waals surface area contributed by atoms with E-state index in [4.69, 9.17) is 4.74 Å². The molecule has 1 atom stereocenters. The number of methoxy groups -OCH3 is 1. The van der Waals surface area contributed by atoms with E-state index in [9.17, 15) is 0 Å². The Hall–Kier alpha value is -0.840. The molecule has 1 aromatic carbocycles. The fourth-order valence-electron chi connectivity index (χ4n) is 2.34. The molecule has 0 saturated heterocycles. The highest BCUT2D eigenvalue weighted by atomic mass is 79.9. The minimum atomic E-state index is 0.324. The molecule has 0 saturated carbocycles. The smallest absolute Gasteiger partial charge is 0.122 e. The van der Waals surface area contributed by atoms with Crippen LogP contribution in [0.4, 0.5) is 0 Å². The molecule has 21 heavy (non-hydrogen) atoms. The summed E-state index contributed by atoms with van der Waals surface area (Å²) in [6, 6.07) is 11.1. The Bertz CT molecular complexity index is 582. The summed E-state index contributed by atoms with van der Waals surface area (Å²) in [6.45, 7) is 5.29. The SMILES string of the molecule is CCCNC(Cc1ccc(Br)s1)c1ccc(C)c(OC)c1. The Labute approximate surface area is 139 Å². The molecule has 2 aromatic rings. The van der Waals surface area contributed by atoms with E-state index in [1.54, 1.807) is 18.4 Å². The van der Waals surface area contributed by atoms with Crippen LogP contribution in [0.1, 0.15) is 35.4 Å². The highest BCUT2D eigenvalue weighted by Gasteiger charge is 2.14. The van der Waals surface area contributed by atoms with Crippen LogP contribution in [0.5, 0.6) is 5.75 Å². The maximum atomic E-state index is 5.46. The lowest BCUT2D eigenvalue weighted by molar-refractivity contribution is 0.409. The molecule has 1 aromatic heterocycles. The van der Waals surface area contributed by atoms with Crippen LogP contribution in [-0.2, 0) is 6.42 Å². The van der Waals surface area contributed by atoms with Gasteiger partial charge in [-0.15, -0.1) is 11.3 Å². The molecule has 0 amide bonds. The minimum absolute atomic E-state index is 0.324. The first kappa shape index (κ1) is 16.5. The van der Waals surface area contributed by atoms with Crippen molar-refractivity contribution in [3.8, 4) is 5.75 Å². The number of rotatable bonds is 7. The molecule has 4 heteroatoms. The van der Waals surface area contributed by atoms with Crippen molar-refractivity contribution in [2.75, 3.05) is 13.7 Å². The van der Waals surface area contributed by atoms with E-state index in [1.165, 1.54) is 19.8 Å².